The summed E-state index contributed by atoms with van der Waals surface area (Å²) in [7, 11) is 0. The second-order valence-electron chi connectivity index (χ2n) is 3.59. The molecular weight excluding hydrogens is 200 g/mol. The largest absolute Gasteiger partial charge is 0.491 e. The van der Waals surface area contributed by atoms with E-state index in [0.29, 0.717) is 6.61 Å². The fraction of sp³-hybridized carbons (Fsp3) is 0.571. The zero-order valence-electron chi connectivity index (χ0n) is 10.9. The first-order valence-electron chi connectivity index (χ1n) is 5.94. The minimum absolute atomic E-state index is 0.138. The Morgan fingerprint density at radius 1 is 1.25 bits per heavy atom. The van der Waals surface area contributed by atoms with Gasteiger partial charge in [-0.25, -0.2) is 0 Å². The molecule has 0 aromatic rings. The molecular formula is C14H24O2. The summed E-state index contributed by atoms with van der Waals surface area (Å²) in [6, 6.07) is 0. The van der Waals surface area contributed by atoms with E-state index >= 15 is 0 Å². The molecule has 0 spiro atoms. The van der Waals surface area contributed by atoms with Crippen molar-refractivity contribution < 1.29 is 9.47 Å². The Labute approximate surface area is 99.6 Å². The van der Waals surface area contributed by atoms with Crippen LogP contribution in [0.5, 0.6) is 0 Å². The molecule has 1 atom stereocenters. The molecule has 0 heterocycles. The molecule has 92 valence electrons. The van der Waals surface area contributed by atoms with E-state index in [0.717, 1.165) is 18.8 Å². The molecule has 0 fully saturated rings. The van der Waals surface area contributed by atoms with Crippen LogP contribution in [0, 0.1) is 0 Å². The zero-order valence-corrected chi connectivity index (χ0v) is 10.9. The van der Waals surface area contributed by atoms with E-state index in [9.17, 15) is 0 Å². The van der Waals surface area contributed by atoms with E-state index < -0.39 is 0 Å². The van der Waals surface area contributed by atoms with Gasteiger partial charge in [-0.3, -0.25) is 0 Å². The van der Waals surface area contributed by atoms with Crippen molar-refractivity contribution in [3.8, 4) is 0 Å². The van der Waals surface area contributed by atoms with Gasteiger partial charge in [0, 0.05) is 6.61 Å². The lowest BCUT2D eigenvalue weighted by atomic mass is 10.3. The molecule has 2 nitrogen and oxygen atoms in total. The number of hydrogen-bond acceptors (Lipinski definition) is 2. The molecule has 0 aromatic heterocycles. The predicted molar refractivity (Wildman–Crippen MR) is 69.4 cm³/mol. The lowest BCUT2D eigenvalue weighted by Gasteiger charge is -2.14. The highest BCUT2D eigenvalue weighted by Gasteiger charge is 2.02. The highest BCUT2D eigenvalue weighted by Crippen LogP contribution is 2.03. The summed E-state index contributed by atoms with van der Waals surface area (Å²) in [5.74, 6) is 0.868. The van der Waals surface area contributed by atoms with Gasteiger partial charge in [0.05, 0.1) is 6.10 Å². The summed E-state index contributed by atoms with van der Waals surface area (Å²) in [4.78, 5) is 0. The Morgan fingerprint density at radius 3 is 2.56 bits per heavy atom. The van der Waals surface area contributed by atoms with Crippen LogP contribution in [0.4, 0.5) is 0 Å². The quantitative estimate of drug-likeness (QED) is 0.460. The van der Waals surface area contributed by atoms with Crippen molar-refractivity contribution in [2.24, 2.45) is 0 Å². The first kappa shape index (κ1) is 15.0. The van der Waals surface area contributed by atoms with Crippen molar-refractivity contribution in [3.63, 3.8) is 0 Å². The monoisotopic (exact) mass is 224 g/mol. The maximum atomic E-state index is 5.64. The van der Waals surface area contributed by atoms with Gasteiger partial charge in [-0.15, -0.1) is 0 Å². The fourth-order valence-electron chi connectivity index (χ4n) is 1.09. The Hall–Kier alpha value is -1.02. The highest BCUT2D eigenvalue weighted by atomic mass is 16.5. The van der Waals surface area contributed by atoms with Crippen LogP contribution in [-0.4, -0.2) is 19.3 Å². The third-order valence-electron chi connectivity index (χ3n) is 1.88. The first-order valence-corrected chi connectivity index (χ1v) is 5.94. The van der Waals surface area contributed by atoms with Gasteiger partial charge in [0.25, 0.3) is 0 Å². The van der Waals surface area contributed by atoms with E-state index in [2.05, 4.69) is 6.92 Å². The van der Waals surface area contributed by atoms with Crippen LogP contribution in [0.15, 0.2) is 36.1 Å². The maximum Gasteiger partial charge on any atom is 0.119 e. The summed E-state index contributed by atoms with van der Waals surface area (Å²) in [5.41, 5.74) is 0. The van der Waals surface area contributed by atoms with Crippen molar-refractivity contribution in [1.82, 2.24) is 0 Å². The van der Waals surface area contributed by atoms with Gasteiger partial charge in [-0.05, 0) is 39.3 Å². The molecule has 0 N–H and O–H groups in total. The van der Waals surface area contributed by atoms with Gasteiger partial charge in [0.15, 0.2) is 0 Å². The van der Waals surface area contributed by atoms with Crippen molar-refractivity contribution in [1.29, 1.82) is 0 Å². The van der Waals surface area contributed by atoms with Gasteiger partial charge in [-0.1, -0.05) is 25.2 Å². The molecule has 16 heavy (non-hydrogen) atoms. The number of hydrogen-bond donors (Lipinski definition) is 0. The summed E-state index contributed by atoms with van der Waals surface area (Å²) < 4.78 is 11.2. The maximum absolute atomic E-state index is 5.64. The van der Waals surface area contributed by atoms with Crippen molar-refractivity contribution >= 4 is 0 Å². The van der Waals surface area contributed by atoms with Gasteiger partial charge >= 0.3 is 0 Å². The van der Waals surface area contributed by atoms with E-state index in [1.165, 1.54) is 0 Å². The second-order valence-corrected chi connectivity index (χ2v) is 3.59. The molecule has 0 saturated heterocycles. The number of rotatable bonds is 8. The Bertz CT molecular complexity index is 239. The Kier molecular flexibility index (Phi) is 9.83. The van der Waals surface area contributed by atoms with Crippen LogP contribution in [0.3, 0.4) is 0 Å². The van der Waals surface area contributed by atoms with Crippen molar-refractivity contribution in [3.05, 3.63) is 36.1 Å². The van der Waals surface area contributed by atoms with Crippen molar-refractivity contribution in [2.75, 3.05) is 13.2 Å². The zero-order chi connectivity index (χ0) is 12.2. The summed E-state index contributed by atoms with van der Waals surface area (Å²) >= 11 is 0. The van der Waals surface area contributed by atoms with Crippen LogP contribution in [0.1, 0.15) is 34.1 Å². The lowest BCUT2D eigenvalue weighted by Crippen LogP contribution is -2.16. The van der Waals surface area contributed by atoms with E-state index in [-0.39, 0.29) is 6.10 Å². The SMILES string of the molecule is C\C=C/C=C(\C=C/C)OCC(C)OCCC. The summed E-state index contributed by atoms with van der Waals surface area (Å²) in [5, 5.41) is 0. The minimum atomic E-state index is 0.138. The van der Waals surface area contributed by atoms with Crippen LogP contribution in [-0.2, 0) is 9.47 Å². The topological polar surface area (TPSA) is 18.5 Å². The van der Waals surface area contributed by atoms with Crippen molar-refractivity contribution in [2.45, 2.75) is 40.2 Å². The Balaban J connectivity index is 4.01. The summed E-state index contributed by atoms with van der Waals surface area (Å²) in [6.07, 6.45) is 11.0. The van der Waals surface area contributed by atoms with Gasteiger partial charge in [0.1, 0.15) is 12.4 Å². The third-order valence-corrected chi connectivity index (χ3v) is 1.88. The molecule has 1 unspecified atom stereocenters. The molecule has 0 aromatic carbocycles. The predicted octanol–water partition coefficient (Wildman–Crippen LogP) is 3.85. The van der Waals surface area contributed by atoms with Crippen LogP contribution >= 0.6 is 0 Å². The standard InChI is InChI=1S/C14H24O2/c1-5-8-10-14(9-6-2)16-12-13(4)15-11-7-3/h5-6,8-10,13H,7,11-12H2,1-4H3/b8-5-,9-6-,14-10+. The normalized spacial score (nSPS) is 14.9. The van der Waals surface area contributed by atoms with E-state index in [1.807, 2.05) is 51.2 Å². The smallest absolute Gasteiger partial charge is 0.119 e. The van der Waals surface area contributed by atoms with Crippen LogP contribution < -0.4 is 0 Å². The molecule has 0 aliphatic rings. The van der Waals surface area contributed by atoms with E-state index in [1.54, 1.807) is 0 Å². The second kappa shape index (κ2) is 10.5. The average molecular weight is 224 g/mol. The van der Waals surface area contributed by atoms with Gasteiger partial charge < -0.3 is 9.47 Å². The molecule has 0 radical (unpaired) electrons. The van der Waals surface area contributed by atoms with Crippen LogP contribution in [0.2, 0.25) is 0 Å². The minimum Gasteiger partial charge on any atom is -0.491 e. The fourth-order valence-corrected chi connectivity index (χ4v) is 1.09. The average Bonchev–Trinajstić information content (AvgIpc) is 2.30. The lowest BCUT2D eigenvalue weighted by molar-refractivity contribution is 0.0158. The molecule has 2 heteroatoms. The number of allylic oxidation sites excluding steroid dienone is 5. The molecule has 0 rings (SSSR count). The van der Waals surface area contributed by atoms with Crippen LogP contribution in [0.25, 0.3) is 0 Å². The number of ether oxygens (including phenoxy) is 2. The third kappa shape index (κ3) is 8.30. The molecule has 0 amide bonds. The molecule has 0 aliphatic carbocycles. The van der Waals surface area contributed by atoms with E-state index in [4.69, 9.17) is 9.47 Å². The Morgan fingerprint density at radius 2 is 2.00 bits per heavy atom. The molecule has 0 saturated carbocycles. The summed E-state index contributed by atoms with van der Waals surface area (Å²) in [6.45, 7) is 9.47. The molecule has 0 aliphatic heterocycles. The first-order chi connectivity index (χ1) is 7.74. The molecule has 0 bridgehead atoms. The van der Waals surface area contributed by atoms with Gasteiger partial charge in [0.2, 0.25) is 0 Å². The highest BCUT2D eigenvalue weighted by molar-refractivity contribution is 5.17. The van der Waals surface area contributed by atoms with Gasteiger partial charge in [-0.2, -0.15) is 0 Å².